The zero-order valence-corrected chi connectivity index (χ0v) is 13.8. The predicted molar refractivity (Wildman–Crippen MR) is 88.5 cm³/mol. The Morgan fingerprint density at radius 3 is 2.71 bits per heavy atom. The Bertz CT molecular complexity index is 659. The maximum atomic E-state index is 6.11. The quantitative estimate of drug-likeness (QED) is 0.812. The van der Waals surface area contributed by atoms with Gasteiger partial charge in [-0.3, -0.25) is 4.90 Å². The van der Waals surface area contributed by atoms with Crippen LogP contribution in [0.5, 0.6) is 0 Å². The summed E-state index contributed by atoms with van der Waals surface area (Å²) in [6.07, 6.45) is 2.85. The van der Waals surface area contributed by atoms with Crippen molar-refractivity contribution in [3.05, 3.63) is 16.2 Å². The molecule has 0 bridgehead atoms. The Kier molecular flexibility index (Phi) is 3.52. The number of aromatic nitrogens is 2. The van der Waals surface area contributed by atoms with Crippen LogP contribution < -0.4 is 4.90 Å². The van der Waals surface area contributed by atoms with Crippen molar-refractivity contribution in [1.82, 2.24) is 14.9 Å². The summed E-state index contributed by atoms with van der Waals surface area (Å²) in [6.45, 7) is 7.71. The van der Waals surface area contributed by atoms with E-state index in [1.54, 1.807) is 11.3 Å². The third kappa shape index (κ3) is 2.87. The lowest BCUT2D eigenvalue weighted by atomic mass is 10.2. The minimum absolute atomic E-state index is 0.361. The highest BCUT2D eigenvalue weighted by molar-refractivity contribution is 7.18. The van der Waals surface area contributed by atoms with Crippen molar-refractivity contribution >= 4 is 39.0 Å². The molecule has 21 heavy (non-hydrogen) atoms. The SMILES string of the molecule is Cc1cc2c(N3CCN(CC4CC4)CC3)nc(Cl)nc2s1. The van der Waals surface area contributed by atoms with Gasteiger partial charge in [0, 0.05) is 37.6 Å². The summed E-state index contributed by atoms with van der Waals surface area (Å²) in [6, 6.07) is 2.18. The molecule has 2 aromatic rings. The molecule has 2 aliphatic rings. The van der Waals surface area contributed by atoms with Crippen molar-refractivity contribution in [2.45, 2.75) is 19.8 Å². The van der Waals surface area contributed by atoms with Crippen molar-refractivity contribution in [1.29, 1.82) is 0 Å². The van der Waals surface area contributed by atoms with Gasteiger partial charge in [0.05, 0.1) is 5.39 Å². The lowest BCUT2D eigenvalue weighted by molar-refractivity contribution is 0.248. The average molecular weight is 323 g/mol. The summed E-state index contributed by atoms with van der Waals surface area (Å²) in [7, 11) is 0. The van der Waals surface area contributed by atoms with Gasteiger partial charge in [-0.1, -0.05) is 0 Å². The fraction of sp³-hybridized carbons (Fsp3) is 0.600. The van der Waals surface area contributed by atoms with Gasteiger partial charge in [-0.15, -0.1) is 11.3 Å². The predicted octanol–water partition coefficient (Wildman–Crippen LogP) is 3.19. The molecule has 1 aliphatic carbocycles. The number of fused-ring (bicyclic) bond motifs is 1. The van der Waals surface area contributed by atoms with E-state index in [2.05, 4.69) is 32.8 Å². The standard InChI is InChI=1S/C15H19ClN4S/c1-10-8-12-13(17-15(16)18-14(12)21-10)20-6-4-19(5-7-20)9-11-2-3-11/h8,11H,2-7,9H2,1H3. The van der Waals surface area contributed by atoms with Gasteiger partial charge in [0.15, 0.2) is 0 Å². The van der Waals surface area contributed by atoms with E-state index >= 15 is 0 Å². The minimum Gasteiger partial charge on any atom is -0.353 e. The maximum Gasteiger partial charge on any atom is 0.225 e. The first kappa shape index (κ1) is 13.7. The largest absolute Gasteiger partial charge is 0.353 e. The first-order chi connectivity index (χ1) is 10.2. The molecule has 0 aromatic carbocycles. The van der Waals surface area contributed by atoms with Gasteiger partial charge in [0.25, 0.3) is 0 Å². The average Bonchev–Trinajstić information content (AvgIpc) is 3.19. The second-order valence-corrected chi connectivity index (χ2v) is 7.70. The number of piperazine rings is 1. The van der Waals surface area contributed by atoms with E-state index in [0.29, 0.717) is 5.28 Å². The molecule has 4 nitrogen and oxygen atoms in total. The maximum absolute atomic E-state index is 6.11. The molecule has 0 atom stereocenters. The van der Waals surface area contributed by atoms with Gasteiger partial charge in [0.1, 0.15) is 10.6 Å². The summed E-state index contributed by atoms with van der Waals surface area (Å²) in [5.41, 5.74) is 0. The molecule has 6 heteroatoms. The highest BCUT2D eigenvalue weighted by atomic mass is 35.5. The van der Waals surface area contributed by atoms with Crippen LogP contribution >= 0.6 is 22.9 Å². The lowest BCUT2D eigenvalue weighted by Crippen LogP contribution is -2.47. The fourth-order valence-electron chi connectivity index (χ4n) is 3.05. The van der Waals surface area contributed by atoms with Crippen LogP contribution in [0.3, 0.4) is 0 Å². The summed E-state index contributed by atoms with van der Waals surface area (Å²) in [5.74, 6) is 1.98. The van der Waals surface area contributed by atoms with Gasteiger partial charge < -0.3 is 4.90 Å². The molecule has 1 saturated carbocycles. The van der Waals surface area contributed by atoms with Crippen molar-refractivity contribution < 1.29 is 0 Å². The lowest BCUT2D eigenvalue weighted by Gasteiger charge is -2.35. The molecule has 3 heterocycles. The van der Waals surface area contributed by atoms with Gasteiger partial charge in [-0.25, -0.2) is 4.98 Å². The highest BCUT2D eigenvalue weighted by Crippen LogP contribution is 2.33. The van der Waals surface area contributed by atoms with Crippen LogP contribution in [0.1, 0.15) is 17.7 Å². The third-order valence-corrected chi connectivity index (χ3v) is 5.47. The van der Waals surface area contributed by atoms with Crippen LogP contribution in [0.2, 0.25) is 5.28 Å². The Balaban J connectivity index is 1.56. The van der Waals surface area contributed by atoms with E-state index < -0.39 is 0 Å². The second kappa shape index (κ2) is 5.38. The topological polar surface area (TPSA) is 32.3 Å². The molecule has 2 fully saturated rings. The zero-order valence-electron chi connectivity index (χ0n) is 12.2. The van der Waals surface area contributed by atoms with Crippen LogP contribution in [0.25, 0.3) is 10.2 Å². The van der Waals surface area contributed by atoms with Crippen LogP contribution in [0, 0.1) is 12.8 Å². The Labute approximate surface area is 133 Å². The molecule has 4 rings (SSSR count). The van der Waals surface area contributed by atoms with Crippen molar-refractivity contribution in [3.63, 3.8) is 0 Å². The smallest absolute Gasteiger partial charge is 0.225 e. The molecule has 112 valence electrons. The van der Waals surface area contributed by atoms with Crippen molar-refractivity contribution in [3.8, 4) is 0 Å². The molecular formula is C15H19ClN4S. The molecule has 0 radical (unpaired) electrons. The van der Waals surface area contributed by atoms with E-state index in [4.69, 9.17) is 11.6 Å². The van der Waals surface area contributed by atoms with E-state index in [0.717, 1.165) is 48.1 Å². The number of hydrogen-bond acceptors (Lipinski definition) is 5. The summed E-state index contributed by atoms with van der Waals surface area (Å²) >= 11 is 7.79. The summed E-state index contributed by atoms with van der Waals surface area (Å²) in [4.78, 5) is 16.1. The van der Waals surface area contributed by atoms with Gasteiger partial charge >= 0.3 is 0 Å². The van der Waals surface area contributed by atoms with E-state index in [1.807, 2.05) is 0 Å². The molecule has 0 spiro atoms. The van der Waals surface area contributed by atoms with E-state index in [1.165, 1.54) is 24.3 Å². The monoisotopic (exact) mass is 322 g/mol. The minimum atomic E-state index is 0.361. The van der Waals surface area contributed by atoms with Crippen molar-refractivity contribution in [2.75, 3.05) is 37.6 Å². The first-order valence-corrected chi connectivity index (χ1v) is 8.79. The molecule has 1 saturated heterocycles. The van der Waals surface area contributed by atoms with Crippen molar-refractivity contribution in [2.24, 2.45) is 5.92 Å². The van der Waals surface area contributed by atoms with E-state index in [-0.39, 0.29) is 0 Å². The molecule has 0 N–H and O–H groups in total. The normalized spacial score (nSPS) is 20.4. The summed E-state index contributed by atoms with van der Waals surface area (Å²) < 4.78 is 0. The molecular weight excluding hydrogens is 304 g/mol. The molecule has 0 unspecified atom stereocenters. The first-order valence-electron chi connectivity index (χ1n) is 7.60. The molecule has 0 amide bonds. The van der Waals surface area contributed by atoms with E-state index in [9.17, 15) is 0 Å². The van der Waals surface area contributed by atoms with Gasteiger partial charge in [-0.05, 0) is 43.4 Å². The Hall–Kier alpha value is -0.910. The summed E-state index contributed by atoms with van der Waals surface area (Å²) in [5, 5.41) is 1.51. The third-order valence-electron chi connectivity index (χ3n) is 4.35. The number of rotatable bonds is 3. The zero-order chi connectivity index (χ0) is 14.4. The number of halogens is 1. The molecule has 2 aromatic heterocycles. The van der Waals surface area contributed by atoms with Crippen LogP contribution in [-0.4, -0.2) is 47.6 Å². The number of anilines is 1. The number of thiophene rings is 1. The van der Waals surface area contributed by atoms with Gasteiger partial charge in [-0.2, -0.15) is 4.98 Å². The number of aryl methyl sites for hydroxylation is 1. The molecule has 1 aliphatic heterocycles. The second-order valence-electron chi connectivity index (χ2n) is 6.12. The number of nitrogens with zero attached hydrogens (tertiary/aromatic N) is 4. The number of hydrogen-bond donors (Lipinski definition) is 0. The van der Waals surface area contributed by atoms with Crippen LogP contribution in [0.15, 0.2) is 6.07 Å². The Morgan fingerprint density at radius 1 is 1.24 bits per heavy atom. The van der Waals surface area contributed by atoms with Crippen LogP contribution in [0.4, 0.5) is 5.82 Å². The van der Waals surface area contributed by atoms with Crippen LogP contribution in [-0.2, 0) is 0 Å². The van der Waals surface area contributed by atoms with Gasteiger partial charge in [0.2, 0.25) is 5.28 Å². The fourth-order valence-corrected chi connectivity index (χ4v) is 4.14. The Morgan fingerprint density at radius 2 is 2.00 bits per heavy atom. The highest BCUT2D eigenvalue weighted by Gasteiger charge is 2.27.